The molecular formula is C15H25N3O2. The van der Waals surface area contributed by atoms with Gasteiger partial charge in [-0.3, -0.25) is 4.79 Å². The van der Waals surface area contributed by atoms with Crippen LogP contribution in [0.5, 0.6) is 0 Å². The van der Waals surface area contributed by atoms with Gasteiger partial charge in [0.05, 0.1) is 0 Å². The summed E-state index contributed by atoms with van der Waals surface area (Å²) in [5.74, 6) is -0.0549. The number of nitrogens with zero attached hydrogens (tertiary/aromatic N) is 2. The Hall–Kier alpha value is -1.43. The van der Waals surface area contributed by atoms with Crippen LogP contribution in [0.25, 0.3) is 0 Å². The van der Waals surface area contributed by atoms with Crippen molar-refractivity contribution in [3.05, 3.63) is 35.9 Å². The Labute approximate surface area is 121 Å². The van der Waals surface area contributed by atoms with Gasteiger partial charge in [-0.05, 0) is 19.7 Å². The highest BCUT2D eigenvalue weighted by molar-refractivity contribution is 5.81. The lowest BCUT2D eigenvalue weighted by molar-refractivity contribution is -0.142. The van der Waals surface area contributed by atoms with Crippen molar-refractivity contribution in [1.29, 1.82) is 0 Å². The molecule has 1 aromatic carbocycles. The average Bonchev–Trinajstić information content (AvgIpc) is 2.45. The zero-order valence-corrected chi connectivity index (χ0v) is 12.6. The third-order valence-electron chi connectivity index (χ3n) is 3.12. The number of amides is 1. The molecule has 5 nitrogen and oxygen atoms in total. The third-order valence-corrected chi connectivity index (χ3v) is 3.12. The Morgan fingerprint density at radius 3 is 2.40 bits per heavy atom. The van der Waals surface area contributed by atoms with Gasteiger partial charge in [-0.1, -0.05) is 30.3 Å². The van der Waals surface area contributed by atoms with Crippen molar-refractivity contribution in [3.63, 3.8) is 0 Å². The van der Waals surface area contributed by atoms with Crippen molar-refractivity contribution in [2.75, 3.05) is 40.8 Å². The molecule has 1 amide bonds. The Bertz CT molecular complexity index is 391. The van der Waals surface area contributed by atoms with E-state index in [-0.39, 0.29) is 12.5 Å². The van der Waals surface area contributed by atoms with E-state index in [0.29, 0.717) is 13.1 Å². The summed E-state index contributed by atoms with van der Waals surface area (Å²) >= 11 is 0. The number of likely N-dealkylation sites (N-methyl/N-ethyl adjacent to an activating group) is 1. The van der Waals surface area contributed by atoms with Gasteiger partial charge in [-0.15, -0.1) is 0 Å². The van der Waals surface area contributed by atoms with Crippen molar-refractivity contribution in [2.24, 2.45) is 5.73 Å². The van der Waals surface area contributed by atoms with Gasteiger partial charge in [-0.25, -0.2) is 0 Å². The molecule has 0 fully saturated rings. The van der Waals surface area contributed by atoms with Crippen molar-refractivity contribution >= 4 is 5.91 Å². The lowest BCUT2D eigenvalue weighted by Gasteiger charge is -2.27. The van der Waals surface area contributed by atoms with Crippen LogP contribution < -0.4 is 5.73 Å². The number of nitrogens with two attached hydrogens (primary N) is 1. The van der Waals surface area contributed by atoms with E-state index in [9.17, 15) is 4.79 Å². The van der Waals surface area contributed by atoms with Crippen molar-refractivity contribution < 1.29 is 9.53 Å². The minimum absolute atomic E-state index is 0.0549. The van der Waals surface area contributed by atoms with Crippen LogP contribution in [0.2, 0.25) is 0 Å². The Balaban J connectivity index is 2.76. The van der Waals surface area contributed by atoms with Crippen LogP contribution in [0, 0.1) is 0 Å². The van der Waals surface area contributed by atoms with Crippen molar-refractivity contribution in [2.45, 2.75) is 12.6 Å². The molecule has 0 aromatic heterocycles. The zero-order valence-electron chi connectivity index (χ0n) is 12.6. The molecular weight excluding hydrogens is 254 g/mol. The zero-order chi connectivity index (χ0) is 15.0. The van der Waals surface area contributed by atoms with Crippen LogP contribution in [-0.4, -0.2) is 62.7 Å². The summed E-state index contributed by atoms with van der Waals surface area (Å²) in [6.07, 6.45) is -0.569. The van der Waals surface area contributed by atoms with E-state index in [0.717, 1.165) is 12.1 Å². The molecule has 1 unspecified atom stereocenters. The van der Waals surface area contributed by atoms with E-state index in [2.05, 4.69) is 4.90 Å². The van der Waals surface area contributed by atoms with Crippen molar-refractivity contribution in [1.82, 2.24) is 9.80 Å². The largest absolute Gasteiger partial charge is 0.370 e. The Morgan fingerprint density at radius 2 is 1.90 bits per heavy atom. The number of rotatable bonds is 8. The van der Waals surface area contributed by atoms with Gasteiger partial charge < -0.3 is 20.3 Å². The average molecular weight is 279 g/mol. The fourth-order valence-electron chi connectivity index (χ4n) is 1.89. The molecule has 0 aliphatic carbocycles. The molecule has 0 heterocycles. The lowest BCUT2D eigenvalue weighted by Crippen LogP contribution is -2.45. The molecule has 0 aliphatic heterocycles. The number of benzene rings is 1. The molecule has 1 atom stereocenters. The summed E-state index contributed by atoms with van der Waals surface area (Å²) < 4.78 is 5.16. The van der Waals surface area contributed by atoms with E-state index in [4.69, 9.17) is 10.5 Å². The quantitative estimate of drug-likeness (QED) is 0.755. The molecule has 0 bridgehead atoms. The summed E-state index contributed by atoms with van der Waals surface area (Å²) in [4.78, 5) is 16.3. The van der Waals surface area contributed by atoms with E-state index in [1.807, 2.05) is 44.4 Å². The summed E-state index contributed by atoms with van der Waals surface area (Å²) in [7, 11) is 5.49. The minimum atomic E-state index is -0.569. The second kappa shape index (κ2) is 8.68. The van der Waals surface area contributed by atoms with Crippen LogP contribution in [-0.2, 0) is 16.1 Å². The molecule has 1 aromatic rings. The van der Waals surface area contributed by atoms with E-state index in [1.54, 1.807) is 4.90 Å². The predicted molar refractivity (Wildman–Crippen MR) is 80.3 cm³/mol. The Kier molecular flexibility index (Phi) is 7.22. The fraction of sp³-hybridized carbons (Fsp3) is 0.533. The fourth-order valence-corrected chi connectivity index (χ4v) is 1.89. The second-order valence-electron chi connectivity index (χ2n) is 5.01. The molecule has 0 saturated heterocycles. The van der Waals surface area contributed by atoms with Gasteiger partial charge >= 0.3 is 0 Å². The molecule has 0 radical (unpaired) electrons. The number of hydrogen-bond acceptors (Lipinski definition) is 4. The molecule has 2 N–H and O–H groups in total. The maximum absolute atomic E-state index is 12.4. The number of hydrogen-bond donors (Lipinski definition) is 1. The Morgan fingerprint density at radius 1 is 1.25 bits per heavy atom. The summed E-state index contributed by atoms with van der Waals surface area (Å²) in [5.41, 5.74) is 6.69. The minimum Gasteiger partial charge on any atom is -0.370 e. The first-order chi connectivity index (χ1) is 9.58. The predicted octanol–water partition coefficient (Wildman–Crippen LogP) is 0.551. The van der Waals surface area contributed by atoms with Crippen LogP contribution >= 0.6 is 0 Å². The van der Waals surface area contributed by atoms with Gasteiger partial charge in [0, 0.05) is 33.3 Å². The normalized spacial score (nSPS) is 12.4. The molecule has 1 rings (SSSR count). The molecule has 20 heavy (non-hydrogen) atoms. The van der Waals surface area contributed by atoms with E-state index in [1.165, 1.54) is 7.11 Å². The second-order valence-corrected chi connectivity index (χ2v) is 5.01. The van der Waals surface area contributed by atoms with Gasteiger partial charge in [0.2, 0.25) is 0 Å². The monoisotopic (exact) mass is 279 g/mol. The highest BCUT2D eigenvalue weighted by atomic mass is 16.5. The standard InChI is InChI=1S/C15H25N3O2/c1-17(2)9-10-18(15(19)14(11-16)20-3)12-13-7-5-4-6-8-13/h4-8,14H,9-12,16H2,1-3H3. The van der Waals surface area contributed by atoms with Crippen LogP contribution in [0.3, 0.4) is 0 Å². The number of methoxy groups -OCH3 is 1. The third kappa shape index (κ3) is 5.28. The number of ether oxygens (including phenoxy) is 1. The molecule has 0 spiro atoms. The first-order valence-corrected chi connectivity index (χ1v) is 6.78. The molecule has 5 heteroatoms. The lowest BCUT2D eigenvalue weighted by atomic mass is 10.2. The SMILES string of the molecule is COC(CN)C(=O)N(CCN(C)C)Cc1ccccc1. The maximum atomic E-state index is 12.4. The van der Waals surface area contributed by atoms with E-state index >= 15 is 0 Å². The van der Waals surface area contributed by atoms with Crippen LogP contribution in [0.15, 0.2) is 30.3 Å². The summed E-state index contributed by atoms with van der Waals surface area (Å²) in [6, 6.07) is 9.94. The summed E-state index contributed by atoms with van der Waals surface area (Å²) in [6.45, 7) is 2.23. The van der Waals surface area contributed by atoms with Gasteiger partial charge in [0.25, 0.3) is 5.91 Å². The summed E-state index contributed by atoms with van der Waals surface area (Å²) in [5, 5.41) is 0. The number of carbonyl (C=O) groups is 1. The van der Waals surface area contributed by atoms with Gasteiger partial charge in [-0.2, -0.15) is 0 Å². The van der Waals surface area contributed by atoms with Gasteiger partial charge in [0.15, 0.2) is 0 Å². The van der Waals surface area contributed by atoms with Crippen LogP contribution in [0.4, 0.5) is 0 Å². The topological polar surface area (TPSA) is 58.8 Å². The highest BCUT2D eigenvalue weighted by Gasteiger charge is 2.22. The maximum Gasteiger partial charge on any atom is 0.253 e. The first kappa shape index (κ1) is 16.6. The molecule has 0 saturated carbocycles. The van der Waals surface area contributed by atoms with E-state index < -0.39 is 6.10 Å². The first-order valence-electron chi connectivity index (χ1n) is 6.78. The molecule has 112 valence electrons. The highest BCUT2D eigenvalue weighted by Crippen LogP contribution is 2.07. The smallest absolute Gasteiger partial charge is 0.253 e. The molecule has 0 aliphatic rings. The number of carbonyl (C=O) groups excluding carboxylic acids is 1. The van der Waals surface area contributed by atoms with Crippen LogP contribution in [0.1, 0.15) is 5.56 Å². The van der Waals surface area contributed by atoms with Gasteiger partial charge in [0.1, 0.15) is 6.10 Å². The van der Waals surface area contributed by atoms with Crippen molar-refractivity contribution in [3.8, 4) is 0 Å².